The van der Waals surface area contributed by atoms with Crippen molar-refractivity contribution in [2.24, 2.45) is 0 Å². The second kappa shape index (κ2) is 14.8. The van der Waals surface area contributed by atoms with Gasteiger partial charge in [-0.15, -0.1) is 0 Å². The number of carbonyl (C=O) groups excluding carboxylic acids is 2. The Hall–Kier alpha value is -4.16. The first-order valence-corrected chi connectivity index (χ1v) is 15.8. The highest BCUT2D eigenvalue weighted by atomic mass is 35.5. The molecular formula is C30H35ClN4O7S. The van der Waals surface area contributed by atoms with Gasteiger partial charge in [0, 0.05) is 36.2 Å². The molecule has 230 valence electrons. The summed E-state index contributed by atoms with van der Waals surface area (Å²) in [7, 11) is -2.89. The monoisotopic (exact) mass is 630 g/mol. The van der Waals surface area contributed by atoms with Crippen molar-refractivity contribution in [2.45, 2.75) is 45.3 Å². The molecule has 0 aliphatic heterocycles. The Morgan fingerprint density at radius 2 is 1.72 bits per heavy atom. The fourth-order valence-electron chi connectivity index (χ4n) is 4.39. The number of benzene rings is 3. The number of hydrogen-bond acceptors (Lipinski definition) is 7. The quantitative estimate of drug-likeness (QED) is 0.203. The number of rotatable bonds is 14. The third-order valence-electron chi connectivity index (χ3n) is 6.89. The second-order valence-corrected chi connectivity index (χ2v) is 12.3. The van der Waals surface area contributed by atoms with Crippen LogP contribution >= 0.6 is 11.6 Å². The molecule has 0 spiro atoms. The summed E-state index contributed by atoms with van der Waals surface area (Å²) in [6.45, 7) is 2.90. The molecule has 0 saturated carbocycles. The highest BCUT2D eigenvalue weighted by Gasteiger charge is 2.34. The smallest absolute Gasteiger partial charge is 0.271 e. The van der Waals surface area contributed by atoms with Crippen LogP contribution in [0.25, 0.3) is 0 Å². The van der Waals surface area contributed by atoms with E-state index in [0.29, 0.717) is 17.0 Å². The third-order valence-corrected chi connectivity index (χ3v) is 8.39. The minimum absolute atomic E-state index is 0.0110. The van der Waals surface area contributed by atoms with Crippen LogP contribution in [-0.4, -0.2) is 62.0 Å². The Balaban J connectivity index is 2.14. The minimum Gasteiger partial charge on any atom is -0.495 e. The van der Waals surface area contributed by atoms with E-state index in [-0.39, 0.29) is 36.1 Å². The number of nitro groups is 1. The summed E-state index contributed by atoms with van der Waals surface area (Å²) in [6, 6.07) is 18.2. The van der Waals surface area contributed by atoms with Crippen molar-refractivity contribution in [3.63, 3.8) is 0 Å². The number of methoxy groups -OCH3 is 1. The van der Waals surface area contributed by atoms with Crippen LogP contribution in [0.1, 0.15) is 31.4 Å². The first-order valence-electron chi connectivity index (χ1n) is 13.5. The zero-order chi connectivity index (χ0) is 31.7. The molecule has 2 atom stereocenters. The molecule has 0 aliphatic carbocycles. The molecule has 13 heteroatoms. The molecule has 0 aliphatic rings. The first kappa shape index (κ1) is 33.3. The van der Waals surface area contributed by atoms with E-state index < -0.39 is 39.3 Å². The first-order chi connectivity index (χ1) is 20.3. The van der Waals surface area contributed by atoms with Gasteiger partial charge in [-0.25, -0.2) is 8.42 Å². The zero-order valence-corrected chi connectivity index (χ0v) is 26.0. The van der Waals surface area contributed by atoms with E-state index in [1.807, 2.05) is 44.2 Å². The number of nitrogens with one attached hydrogen (secondary N) is 1. The number of halogens is 1. The highest BCUT2D eigenvalue weighted by molar-refractivity contribution is 7.92. The van der Waals surface area contributed by atoms with Crippen molar-refractivity contribution < 1.29 is 27.7 Å². The average Bonchev–Trinajstić information content (AvgIpc) is 2.97. The lowest BCUT2D eigenvalue weighted by molar-refractivity contribution is -0.384. The lowest BCUT2D eigenvalue weighted by Gasteiger charge is -2.34. The summed E-state index contributed by atoms with van der Waals surface area (Å²) in [4.78, 5) is 40.1. The van der Waals surface area contributed by atoms with Gasteiger partial charge in [-0.1, -0.05) is 67.1 Å². The maximum absolute atomic E-state index is 14.2. The summed E-state index contributed by atoms with van der Waals surface area (Å²) in [6.07, 6.45) is 1.67. The van der Waals surface area contributed by atoms with E-state index in [0.717, 1.165) is 22.2 Å². The van der Waals surface area contributed by atoms with Crippen molar-refractivity contribution >= 4 is 44.8 Å². The molecule has 2 amide bonds. The van der Waals surface area contributed by atoms with E-state index in [4.69, 9.17) is 16.3 Å². The van der Waals surface area contributed by atoms with Crippen LogP contribution in [0.4, 0.5) is 11.4 Å². The Labute approximate surface area is 256 Å². The summed E-state index contributed by atoms with van der Waals surface area (Å²) in [5.41, 5.74) is 0.753. The fraction of sp³-hybridized carbons (Fsp3) is 0.333. The van der Waals surface area contributed by atoms with Gasteiger partial charge in [0.15, 0.2) is 0 Å². The average molecular weight is 631 g/mol. The Bertz CT molecular complexity index is 1550. The SMILES string of the molecule is CCC(C)NC(=O)C(Cc1ccccc1)N(Cc1ccccc1Cl)C(=O)CN(c1cc([N+](=O)[O-])ccc1OC)S(C)(=O)=O. The van der Waals surface area contributed by atoms with E-state index >= 15 is 0 Å². The lowest BCUT2D eigenvalue weighted by Crippen LogP contribution is -2.54. The number of hydrogen-bond donors (Lipinski definition) is 1. The molecule has 3 aromatic rings. The minimum atomic E-state index is -4.17. The number of nitrogens with zero attached hydrogens (tertiary/aromatic N) is 3. The van der Waals surface area contributed by atoms with Gasteiger partial charge in [0.25, 0.3) is 5.69 Å². The largest absolute Gasteiger partial charge is 0.495 e. The number of sulfonamides is 1. The Kier molecular flexibility index (Phi) is 11.5. The molecule has 1 N–H and O–H groups in total. The molecule has 0 heterocycles. The molecule has 43 heavy (non-hydrogen) atoms. The number of carbonyl (C=O) groups is 2. The van der Waals surface area contributed by atoms with Crippen LogP contribution in [-0.2, 0) is 32.6 Å². The molecule has 0 fully saturated rings. The van der Waals surface area contributed by atoms with Gasteiger partial charge in [0.2, 0.25) is 21.8 Å². The molecular weight excluding hydrogens is 596 g/mol. The van der Waals surface area contributed by atoms with Crippen LogP contribution < -0.4 is 14.4 Å². The standard InChI is InChI=1S/C30H35ClN4O7S/c1-5-21(2)32-30(37)27(17-22-11-7-6-8-12-22)33(19-23-13-9-10-14-25(23)31)29(36)20-34(43(4,40)41)26-18-24(35(38)39)15-16-28(26)42-3/h6-16,18,21,27H,5,17,19-20H2,1-4H3,(H,32,37). The van der Waals surface area contributed by atoms with Crippen molar-refractivity contribution in [1.82, 2.24) is 10.2 Å². The van der Waals surface area contributed by atoms with E-state index in [1.54, 1.807) is 24.3 Å². The van der Waals surface area contributed by atoms with E-state index in [2.05, 4.69) is 5.32 Å². The van der Waals surface area contributed by atoms with Gasteiger partial charge in [0.05, 0.1) is 18.3 Å². The molecule has 3 aromatic carbocycles. The molecule has 3 rings (SSSR count). The molecule has 0 saturated heterocycles. The molecule has 0 aromatic heterocycles. The molecule has 11 nitrogen and oxygen atoms in total. The zero-order valence-electron chi connectivity index (χ0n) is 24.4. The summed E-state index contributed by atoms with van der Waals surface area (Å²) in [5.74, 6) is -1.13. The normalized spacial score (nSPS) is 12.6. The molecule has 0 bridgehead atoms. The van der Waals surface area contributed by atoms with E-state index in [1.165, 1.54) is 24.1 Å². The Morgan fingerprint density at radius 3 is 2.30 bits per heavy atom. The topological polar surface area (TPSA) is 139 Å². The summed E-state index contributed by atoms with van der Waals surface area (Å²) >= 11 is 6.46. The summed E-state index contributed by atoms with van der Waals surface area (Å²) in [5, 5.41) is 14.8. The van der Waals surface area contributed by atoms with Gasteiger partial charge in [-0.3, -0.25) is 24.0 Å². The highest BCUT2D eigenvalue weighted by Crippen LogP contribution is 2.34. The van der Waals surface area contributed by atoms with Gasteiger partial charge < -0.3 is 15.0 Å². The van der Waals surface area contributed by atoms with Crippen LogP contribution in [0.15, 0.2) is 72.8 Å². The van der Waals surface area contributed by atoms with Crippen molar-refractivity contribution in [3.8, 4) is 5.75 Å². The third kappa shape index (κ3) is 8.91. The number of anilines is 1. The fourth-order valence-corrected chi connectivity index (χ4v) is 5.43. The maximum atomic E-state index is 14.2. The van der Waals surface area contributed by atoms with Crippen molar-refractivity contribution in [1.29, 1.82) is 0 Å². The van der Waals surface area contributed by atoms with Crippen molar-refractivity contribution in [3.05, 3.63) is 99.1 Å². The van der Waals surface area contributed by atoms with Crippen molar-refractivity contribution in [2.75, 3.05) is 24.2 Å². The lowest BCUT2D eigenvalue weighted by atomic mass is 10.0. The van der Waals surface area contributed by atoms with Gasteiger partial charge in [0.1, 0.15) is 24.0 Å². The second-order valence-electron chi connectivity index (χ2n) is 10.0. The molecule has 0 radical (unpaired) electrons. The number of non-ortho nitro benzene ring substituents is 1. The Morgan fingerprint density at radius 1 is 1.07 bits per heavy atom. The van der Waals surface area contributed by atoms with Crippen LogP contribution in [0.5, 0.6) is 5.75 Å². The van der Waals surface area contributed by atoms with Gasteiger partial charge >= 0.3 is 0 Å². The predicted octanol–water partition coefficient (Wildman–Crippen LogP) is 4.58. The number of nitro benzene ring substituents is 1. The van der Waals surface area contributed by atoms with Gasteiger partial charge in [-0.2, -0.15) is 0 Å². The maximum Gasteiger partial charge on any atom is 0.271 e. The van der Waals surface area contributed by atoms with Crippen LogP contribution in [0.2, 0.25) is 5.02 Å². The van der Waals surface area contributed by atoms with Crippen LogP contribution in [0.3, 0.4) is 0 Å². The van der Waals surface area contributed by atoms with E-state index in [9.17, 15) is 28.1 Å². The molecule has 2 unspecified atom stereocenters. The van der Waals surface area contributed by atoms with Gasteiger partial charge in [-0.05, 0) is 36.6 Å². The number of amides is 2. The summed E-state index contributed by atoms with van der Waals surface area (Å²) < 4.78 is 32.2. The predicted molar refractivity (Wildman–Crippen MR) is 166 cm³/mol. The van der Waals surface area contributed by atoms with Crippen LogP contribution in [0, 0.1) is 10.1 Å². The number of ether oxygens (including phenoxy) is 1.